The monoisotopic (exact) mass is 326 g/mol. The van der Waals surface area contributed by atoms with Gasteiger partial charge in [-0.25, -0.2) is 0 Å². The van der Waals surface area contributed by atoms with Crippen LogP contribution in [-0.4, -0.2) is 51.2 Å². The van der Waals surface area contributed by atoms with Gasteiger partial charge in [0.15, 0.2) is 0 Å². The minimum atomic E-state index is 0.0878. The summed E-state index contributed by atoms with van der Waals surface area (Å²) in [6, 6.07) is 11.2. The van der Waals surface area contributed by atoms with E-state index in [1.165, 1.54) is 5.56 Å². The molecule has 0 N–H and O–H groups in total. The molecule has 3 rings (SSSR count). The van der Waals surface area contributed by atoms with Gasteiger partial charge in [-0.05, 0) is 25.8 Å². The van der Waals surface area contributed by atoms with E-state index in [9.17, 15) is 4.79 Å². The maximum Gasteiger partial charge on any atom is 0.257 e. The smallest absolute Gasteiger partial charge is 0.257 e. The number of carbonyl (C=O) groups excluding carboxylic acids is 1. The van der Waals surface area contributed by atoms with Crippen LogP contribution in [-0.2, 0) is 7.05 Å². The molecule has 0 bridgehead atoms. The number of aromatic nitrogens is 2. The molecule has 2 atom stereocenters. The van der Waals surface area contributed by atoms with Crippen molar-refractivity contribution in [3.63, 3.8) is 0 Å². The van der Waals surface area contributed by atoms with E-state index in [4.69, 9.17) is 0 Å². The summed E-state index contributed by atoms with van der Waals surface area (Å²) in [5.41, 5.74) is 2.01. The van der Waals surface area contributed by atoms with E-state index in [1.807, 2.05) is 18.0 Å². The van der Waals surface area contributed by atoms with Gasteiger partial charge < -0.3 is 4.90 Å². The van der Waals surface area contributed by atoms with Gasteiger partial charge in [0.1, 0.15) is 0 Å². The maximum absolute atomic E-state index is 12.8. The van der Waals surface area contributed by atoms with Crippen molar-refractivity contribution in [3.05, 3.63) is 53.9 Å². The second-order valence-corrected chi connectivity index (χ2v) is 6.52. The quantitative estimate of drug-likeness (QED) is 0.848. The van der Waals surface area contributed by atoms with Gasteiger partial charge >= 0.3 is 0 Å². The van der Waals surface area contributed by atoms with E-state index in [-0.39, 0.29) is 11.9 Å². The third-order valence-corrected chi connectivity index (χ3v) is 5.02. The predicted molar refractivity (Wildman–Crippen MR) is 94.8 cm³/mol. The number of benzene rings is 1. The number of aryl methyl sites for hydroxylation is 1. The molecule has 0 unspecified atom stereocenters. The van der Waals surface area contributed by atoms with Crippen molar-refractivity contribution in [2.45, 2.75) is 32.4 Å². The summed E-state index contributed by atoms with van der Waals surface area (Å²) < 4.78 is 1.68. The highest BCUT2D eigenvalue weighted by Gasteiger charge is 2.32. The number of likely N-dealkylation sites (tertiary alicyclic amines) is 1. The summed E-state index contributed by atoms with van der Waals surface area (Å²) in [7, 11) is 1.84. The first-order chi connectivity index (χ1) is 11.6. The lowest BCUT2D eigenvalue weighted by Crippen LogP contribution is -2.42. The summed E-state index contributed by atoms with van der Waals surface area (Å²) >= 11 is 0. The van der Waals surface area contributed by atoms with Crippen molar-refractivity contribution in [1.29, 1.82) is 0 Å². The third kappa shape index (κ3) is 3.36. The van der Waals surface area contributed by atoms with Gasteiger partial charge in [-0.3, -0.25) is 14.4 Å². The Morgan fingerprint density at radius 2 is 2.12 bits per heavy atom. The molecule has 1 amide bonds. The van der Waals surface area contributed by atoms with Crippen LogP contribution in [0.15, 0.2) is 42.7 Å². The molecule has 5 heteroatoms. The number of amides is 1. The number of hydrogen-bond donors (Lipinski definition) is 0. The Morgan fingerprint density at radius 1 is 1.38 bits per heavy atom. The second kappa shape index (κ2) is 7.18. The van der Waals surface area contributed by atoms with Crippen LogP contribution in [0.3, 0.4) is 0 Å². The van der Waals surface area contributed by atoms with Gasteiger partial charge in [0.05, 0.1) is 11.8 Å². The molecule has 24 heavy (non-hydrogen) atoms. The van der Waals surface area contributed by atoms with Crippen LogP contribution in [0.2, 0.25) is 0 Å². The average Bonchev–Trinajstić information content (AvgIpc) is 3.25. The Kier molecular flexibility index (Phi) is 5.00. The van der Waals surface area contributed by atoms with E-state index in [0.717, 1.165) is 26.1 Å². The number of likely N-dealkylation sites (N-methyl/N-ethyl adjacent to an activating group) is 1. The molecule has 1 fully saturated rings. The normalized spacial score (nSPS) is 19.4. The fraction of sp³-hybridized carbons (Fsp3) is 0.474. The Hall–Kier alpha value is -2.14. The molecule has 0 spiro atoms. The molecule has 1 aliphatic rings. The molecule has 0 saturated carbocycles. The first kappa shape index (κ1) is 16.7. The molecule has 5 nitrogen and oxygen atoms in total. The van der Waals surface area contributed by atoms with Gasteiger partial charge in [0.2, 0.25) is 0 Å². The van der Waals surface area contributed by atoms with E-state index in [0.29, 0.717) is 11.6 Å². The van der Waals surface area contributed by atoms with Crippen LogP contribution in [0.25, 0.3) is 0 Å². The van der Waals surface area contributed by atoms with E-state index in [2.05, 4.69) is 48.1 Å². The lowest BCUT2D eigenvalue weighted by Gasteiger charge is -2.29. The minimum Gasteiger partial charge on any atom is -0.335 e. The predicted octanol–water partition coefficient (Wildman–Crippen LogP) is 2.72. The number of rotatable bonds is 5. The van der Waals surface area contributed by atoms with Gasteiger partial charge in [0.25, 0.3) is 5.91 Å². The lowest BCUT2D eigenvalue weighted by atomic mass is 10.1. The molecule has 2 heterocycles. The molecule has 1 saturated heterocycles. The highest BCUT2D eigenvalue weighted by Crippen LogP contribution is 2.27. The zero-order chi connectivity index (χ0) is 17.1. The Morgan fingerprint density at radius 3 is 2.75 bits per heavy atom. The summed E-state index contributed by atoms with van der Waals surface area (Å²) in [6.45, 7) is 6.98. The average molecular weight is 326 g/mol. The first-order valence-electron chi connectivity index (χ1n) is 8.68. The molecule has 1 aromatic heterocycles. The Labute approximate surface area is 143 Å². The van der Waals surface area contributed by atoms with Gasteiger partial charge in [-0.1, -0.05) is 30.3 Å². The largest absolute Gasteiger partial charge is 0.335 e. The first-order valence-corrected chi connectivity index (χ1v) is 8.68. The van der Waals surface area contributed by atoms with Gasteiger partial charge in [-0.2, -0.15) is 5.10 Å². The van der Waals surface area contributed by atoms with Crippen molar-refractivity contribution in [3.8, 4) is 0 Å². The molecule has 1 aliphatic heterocycles. The van der Waals surface area contributed by atoms with Crippen LogP contribution >= 0.6 is 0 Å². The molecular formula is C19H26N4O. The van der Waals surface area contributed by atoms with Crippen LogP contribution in [0.1, 0.15) is 42.2 Å². The van der Waals surface area contributed by atoms with E-state index in [1.54, 1.807) is 17.1 Å². The summed E-state index contributed by atoms with van der Waals surface area (Å²) in [5, 5.41) is 4.12. The summed E-state index contributed by atoms with van der Waals surface area (Å²) in [5.74, 6) is 0.0878. The van der Waals surface area contributed by atoms with Crippen LogP contribution < -0.4 is 0 Å². The standard InChI is InChI=1S/C19H26N4O/c1-4-23(19(24)17-12-20-21(3)13-17)18-10-11-22(14-18)15(2)16-8-6-5-7-9-16/h5-9,12-13,15,18H,4,10-11,14H2,1-3H3/t15-,18-/m0/s1. The maximum atomic E-state index is 12.8. The molecule has 0 aliphatic carbocycles. The fourth-order valence-corrected chi connectivity index (χ4v) is 3.58. The summed E-state index contributed by atoms with van der Waals surface area (Å²) in [4.78, 5) is 17.2. The van der Waals surface area contributed by atoms with Crippen LogP contribution in [0.5, 0.6) is 0 Å². The third-order valence-electron chi connectivity index (χ3n) is 5.02. The zero-order valence-corrected chi connectivity index (χ0v) is 14.7. The fourth-order valence-electron chi connectivity index (χ4n) is 3.58. The van der Waals surface area contributed by atoms with Gasteiger partial charge in [0, 0.05) is 45.0 Å². The number of nitrogens with zero attached hydrogens (tertiary/aromatic N) is 4. The highest BCUT2D eigenvalue weighted by molar-refractivity contribution is 5.94. The topological polar surface area (TPSA) is 41.4 Å². The lowest BCUT2D eigenvalue weighted by molar-refractivity contribution is 0.0689. The summed E-state index contributed by atoms with van der Waals surface area (Å²) in [6.07, 6.45) is 4.48. The van der Waals surface area contributed by atoms with Crippen molar-refractivity contribution in [1.82, 2.24) is 19.6 Å². The van der Waals surface area contributed by atoms with Crippen LogP contribution in [0.4, 0.5) is 0 Å². The minimum absolute atomic E-state index is 0.0878. The zero-order valence-electron chi connectivity index (χ0n) is 14.7. The Balaban J connectivity index is 1.68. The number of carbonyl (C=O) groups is 1. The van der Waals surface area contributed by atoms with E-state index < -0.39 is 0 Å². The second-order valence-electron chi connectivity index (χ2n) is 6.52. The molecule has 2 aromatic rings. The Bertz CT molecular complexity index is 682. The van der Waals surface area contributed by atoms with Crippen LogP contribution in [0, 0.1) is 0 Å². The van der Waals surface area contributed by atoms with Crippen molar-refractivity contribution in [2.24, 2.45) is 7.05 Å². The van der Waals surface area contributed by atoms with Crippen molar-refractivity contribution >= 4 is 5.91 Å². The van der Waals surface area contributed by atoms with Crippen molar-refractivity contribution in [2.75, 3.05) is 19.6 Å². The molecule has 0 radical (unpaired) electrons. The van der Waals surface area contributed by atoms with E-state index >= 15 is 0 Å². The molecule has 1 aromatic carbocycles. The molecular weight excluding hydrogens is 300 g/mol. The van der Waals surface area contributed by atoms with Crippen molar-refractivity contribution < 1.29 is 4.79 Å². The highest BCUT2D eigenvalue weighted by atomic mass is 16.2. The molecule has 128 valence electrons. The SMILES string of the molecule is CCN(C(=O)c1cnn(C)c1)[C@H]1CCN([C@@H](C)c2ccccc2)C1. The number of hydrogen-bond acceptors (Lipinski definition) is 3. The van der Waals surface area contributed by atoms with Gasteiger partial charge in [-0.15, -0.1) is 0 Å².